The monoisotopic (exact) mass is 301 g/mol. The van der Waals surface area contributed by atoms with Crippen LogP contribution in [0.25, 0.3) is 0 Å². The number of hydrogen-bond acceptors (Lipinski definition) is 2. The van der Waals surface area contributed by atoms with Crippen LogP contribution in [-0.2, 0) is 0 Å². The van der Waals surface area contributed by atoms with E-state index in [0.29, 0.717) is 18.0 Å². The van der Waals surface area contributed by atoms with Gasteiger partial charge in [0.15, 0.2) is 0 Å². The predicted molar refractivity (Wildman–Crippen MR) is 94.1 cm³/mol. The molecule has 1 aromatic carbocycles. The molecule has 0 aliphatic heterocycles. The Kier molecular flexibility index (Phi) is 5.23. The molecule has 0 saturated carbocycles. The molecule has 1 heterocycles. The van der Waals surface area contributed by atoms with E-state index in [1.165, 1.54) is 27.1 Å². The van der Waals surface area contributed by atoms with Crippen molar-refractivity contribution in [3.8, 4) is 0 Å². The third-order valence-corrected chi connectivity index (χ3v) is 5.07. The molecule has 0 bridgehead atoms. The summed E-state index contributed by atoms with van der Waals surface area (Å²) in [6, 6.07) is 9.74. The van der Waals surface area contributed by atoms with Gasteiger partial charge in [-0.3, -0.25) is 0 Å². The van der Waals surface area contributed by atoms with Crippen molar-refractivity contribution in [2.45, 2.75) is 53.6 Å². The molecule has 0 fully saturated rings. The number of thiophene rings is 1. The van der Waals surface area contributed by atoms with Crippen molar-refractivity contribution in [3.05, 3.63) is 56.8 Å². The molecular weight excluding hydrogens is 274 g/mol. The van der Waals surface area contributed by atoms with E-state index < -0.39 is 0 Å². The van der Waals surface area contributed by atoms with Gasteiger partial charge in [0.1, 0.15) is 0 Å². The second-order valence-electron chi connectivity index (χ2n) is 6.44. The lowest BCUT2D eigenvalue weighted by Crippen LogP contribution is -2.28. The molecule has 0 aliphatic rings. The Labute approximate surface area is 133 Å². The number of benzene rings is 1. The molecular formula is C19H27NS. The van der Waals surface area contributed by atoms with Crippen LogP contribution < -0.4 is 5.32 Å². The van der Waals surface area contributed by atoms with Crippen LogP contribution in [0.3, 0.4) is 0 Å². The molecule has 1 aromatic heterocycles. The van der Waals surface area contributed by atoms with Crippen LogP contribution in [0, 0.1) is 26.7 Å². The zero-order chi connectivity index (χ0) is 15.6. The topological polar surface area (TPSA) is 12.0 Å². The van der Waals surface area contributed by atoms with E-state index in [0.717, 1.165) is 0 Å². The lowest BCUT2D eigenvalue weighted by molar-refractivity contribution is 0.378. The average Bonchev–Trinajstić information content (AvgIpc) is 2.87. The fraction of sp³-hybridized carbons (Fsp3) is 0.474. The highest BCUT2D eigenvalue weighted by atomic mass is 32.1. The third kappa shape index (κ3) is 3.75. The molecule has 1 nitrogen and oxygen atoms in total. The Hall–Kier alpha value is -1.12. The van der Waals surface area contributed by atoms with Gasteiger partial charge in [0.05, 0.1) is 0 Å². The molecule has 2 unspecified atom stereocenters. The minimum Gasteiger partial charge on any atom is -0.302 e. The van der Waals surface area contributed by atoms with Gasteiger partial charge in [-0.15, -0.1) is 11.3 Å². The molecule has 0 aliphatic carbocycles. The number of rotatable bonds is 5. The van der Waals surface area contributed by atoms with Crippen LogP contribution in [0.15, 0.2) is 29.6 Å². The molecule has 21 heavy (non-hydrogen) atoms. The predicted octanol–water partition coefficient (Wildman–Crippen LogP) is 5.72. The largest absolute Gasteiger partial charge is 0.302 e. The fourth-order valence-electron chi connectivity index (χ4n) is 3.30. The molecule has 2 atom stereocenters. The highest BCUT2D eigenvalue weighted by Gasteiger charge is 2.21. The minimum absolute atomic E-state index is 0.361. The van der Waals surface area contributed by atoms with Crippen molar-refractivity contribution in [1.29, 1.82) is 0 Å². The van der Waals surface area contributed by atoms with E-state index in [9.17, 15) is 0 Å². The first-order chi connectivity index (χ1) is 9.90. The molecule has 2 aromatic rings. The van der Waals surface area contributed by atoms with Gasteiger partial charge >= 0.3 is 0 Å². The first-order valence-corrected chi connectivity index (χ1v) is 8.65. The molecule has 0 amide bonds. The first kappa shape index (κ1) is 16.3. The summed E-state index contributed by atoms with van der Waals surface area (Å²) in [4.78, 5) is 1.43. The highest BCUT2D eigenvalue weighted by molar-refractivity contribution is 7.10. The maximum atomic E-state index is 3.85. The van der Waals surface area contributed by atoms with Gasteiger partial charge in [0.2, 0.25) is 0 Å². The molecule has 0 radical (unpaired) electrons. The summed E-state index contributed by atoms with van der Waals surface area (Å²) < 4.78 is 0. The van der Waals surface area contributed by atoms with Crippen LogP contribution in [-0.4, -0.2) is 0 Å². The summed E-state index contributed by atoms with van der Waals surface area (Å²) in [5.74, 6) is 0.581. The van der Waals surface area contributed by atoms with Crippen molar-refractivity contribution in [1.82, 2.24) is 5.32 Å². The van der Waals surface area contributed by atoms with E-state index in [2.05, 4.69) is 76.5 Å². The van der Waals surface area contributed by atoms with E-state index >= 15 is 0 Å². The van der Waals surface area contributed by atoms with Gasteiger partial charge in [-0.2, -0.15) is 0 Å². The lowest BCUT2D eigenvalue weighted by atomic mass is 9.93. The number of aryl methyl sites for hydroxylation is 3. The van der Waals surface area contributed by atoms with Gasteiger partial charge < -0.3 is 5.32 Å². The van der Waals surface area contributed by atoms with E-state index in [-0.39, 0.29) is 0 Å². The molecule has 0 saturated heterocycles. The maximum Gasteiger partial charge on any atom is 0.0442 e. The quantitative estimate of drug-likeness (QED) is 0.744. The van der Waals surface area contributed by atoms with Gasteiger partial charge in [0, 0.05) is 17.0 Å². The van der Waals surface area contributed by atoms with Crippen molar-refractivity contribution in [2.75, 3.05) is 0 Å². The van der Waals surface area contributed by atoms with Crippen LogP contribution in [0.1, 0.15) is 60.0 Å². The average molecular weight is 301 g/mol. The first-order valence-electron chi connectivity index (χ1n) is 7.77. The van der Waals surface area contributed by atoms with Crippen LogP contribution >= 0.6 is 11.3 Å². The van der Waals surface area contributed by atoms with Gasteiger partial charge in [-0.1, -0.05) is 37.6 Å². The van der Waals surface area contributed by atoms with Crippen molar-refractivity contribution in [2.24, 2.45) is 5.92 Å². The molecule has 1 N–H and O–H groups in total. The van der Waals surface area contributed by atoms with Gasteiger partial charge in [-0.05, 0) is 61.7 Å². The Balaban J connectivity index is 2.26. The Bertz CT molecular complexity index is 561. The summed E-state index contributed by atoms with van der Waals surface area (Å²) in [7, 11) is 0. The third-order valence-electron chi connectivity index (χ3n) is 4.12. The van der Waals surface area contributed by atoms with Crippen LogP contribution in [0.5, 0.6) is 0 Å². The smallest absolute Gasteiger partial charge is 0.0442 e. The SMILES string of the molecule is Cc1cc(C)c(C(C)NC(c2cccs2)C(C)C)c(C)c1. The normalized spacial score (nSPS) is 14.4. The van der Waals surface area contributed by atoms with Crippen LogP contribution in [0.2, 0.25) is 0 Å². The standard InChI is InChI=1S/C19H27NS/c1-12(2)19(17-8-7-9-21-17)20-16(6)18-14(4)10-13(3)11-15(18)5/h7-12,16,19-20H,1-6H3. The molecule has 0 spiro atoms. The Morgan fingerprint density at radius 1 is 1.00 bits per heavy atom. The Morgan fingerprint density at radius 2 is 1.62 bits per heavy atom. The summed E-state index contributed by atoms with van der Waals surface area (Å²) in [6.07, 6.45) is 0. The van der Waals surface area contributed by atoms with Crippen molar-refractivity contribution >= 4 is 11.3 Å². The lowest BCUT2D eigenvalue weighted by Gasteiger charge is -2.28. The van der Waals surface area contributed by atoms with Crippen molar-refractivity contribution < 1.29 is 0 Å². The zero-order valence-electron chi connectivity index (χ0n) is 14.0. The van der Waals surface area contributed by atoms with Crippen LogP contribution in [0.4, 0.5) is 0 Å². The maximum absolute atomic E-state index is 3.85. The number of hydrogen-bond donors (Lipinski definition) is 1. The number of nitrogens with one attached hydrogen (secondary N) is 1. The Morgan fingerprint density at radius 3 is 2.10 bits per heavy atom. The summed E-state index contributed by atoms with van der Waals surface area (Å²) in [5.41, 5.74) is 5.57. The van der Waals surface area contributed by atoms with E-state index in [4.69, 9.17) is 0 Å². The van der Waals surface area contributed by atoms with Gasteiger partial charge in [0.25, 0.3) is 0 Å². The molecule has 114 valence electrons. The highest BCUT2D eigenvalue weighted by Crippen LogP contribution is 2.31. The summed E-state index contributed by atoms with van der Waals surface area (Å²) in [6.45, 7) is 13.5. The summed E-state index contributed by atoms with van der Waals surface area (Å²) >= 11 is 1.84. The second-order valence-corrected chi connectivity index (χ2v) is 7.42. The zero-order valence-corrected chi connectivity index (χ0v) is 14.8. The minimum atomic E-state index is 0.361. The fourth-order valence-corrected chi connectivity index (χ4v) is 4.26. The van der Waals surface area contributed by atoms with Crippen molar-refractivity contribution in [3.63, 3.8) is 0 Å². The molecule has 2 rings (SSSR count). The van der Waals surface area contributed by atoms with Gasteiger partial charge in [-0.25, -0.2) is 0 Å². The van der Waals surface area contributed by atoms with E-state index in [1.807, 2.05) is 11.3 Å². The molecule has 2 heteroatoms. The van der Waals surface area contributed by atoms with E-state index in [1.54, 1.807) is 0 Å². The summed E-state index contributed by atoms with van der Waals surface area (Å²) in [5, 5.41) is 6.01. The second kappa shape index (κ2) is 6.76.